The largest absolute Gasteiger partial charge is 0.374 e. The molecular weight excluding hydrogens is 226 g/mol. The SMILES string of the molecule is CCN1CCOC(CNC2CCN(C)C(C)C2)C1. The van der Waals surface area contributed by atoms with Gasteiger partial charge in [-0.1, -0.05) is 6.92 Å². The number of ether oxygens (including phenoxy) is 1. The number of piperidine rings is 1. The van der Waals surface area contributed by atoms with Crippen LogP contribution in [0.2, 0.25) is 0 Å². The maximum absolute atomic E-state index is 5.83. The minimum atomic E-state index is 0.383. The number of morpholine rings is 1. The second-order valence-corrected chi connectivity index (χ2v) is 5.85. The number of rotatable bonds is 4. The van der Waals surface area contributed by atoms with Crippen LogP contribution in [0.15, 0.2) is 0 Å². The molecule has 2 fully saturated rings. The fourth-order valence-corrected chi connectivity index (χ4v) is 2.96. The van der Waals surface area contributed by atoms with Gasteiger partial charge in [0.15, 0.2) is 0 Å². The molecule has 0 aromatic rings. The smallest absolute Gasteiger partial charge is 0.0826 e. The lowest BCUT2D eigenvalue weighted by Gasteiger charge is -2.37. The van der Waals surface area contributed by atoms with Crippen molar-refractivity contribution in [2.24, 2.45) is 0 Å². The Morgan fingerprint density at radius 1 is 1.33 bits per heavy atom. The summed E-state index contributed by atoms with van der Waals surface area (Å²) in [4.78, 5) is 4.93. The molecule has 2 aliphatic heterocycles. The second kappa shape index (κ2) is 6.85. The molecule has 0 spiro atoms. The first-order chi connectivity index (χ1) is 8.69. The van der Waals surface area contributed by atoms with Gasteiger partial charge in [0, 0.05) is 31.7 Å². The summed E-state index contributed by atoms with van der Waals surface area (Å²) >= 11 is 0. The van der Waals surface area contributed by atoms with Gasteiger partial charge in [-0.15, -0.1) is 0 Å². The van der Waals surface area contributed by atoms with E-state index in [-0.39, 0.29) is 0 Å². The zero-order chi connectivity index (χ0) is 13.0. The van der Waals surface area contributed by atoms with E-state index in [4.69, 9.17) is 4.74 Å². The predicted molar refractivity (Wildman–Crippen MR) is 75.0 cm³/mol. The molecule has 4 nitrogen and oxygen atoms in total. The molecule has 2 heterocycles. The monoisotopic (exact) mass is 255 g/mol. The van der Waals surface area contributed by atoms with Crippen LogP contribution in [0.4, 0.5) is 0 Å². The van der Waals surface area contributed by atoms with Crippen molar-refractivity contribution in [3.8, 4) is 0 Å². The summed E-state index contributed by atoms with van der Waals surface area (Å²) in [5, 5.41) is 3.71. The van der Waals surface area contributed by atoms with Crippen molar-refractivity contribution in [2.75, 3.05) is 46.4 Å². The number of likely N-dealkylation sites (tertiary alicyclic amines) is 1. The summed E-state index contributed by atoms with van der Waals surface area (Å²) in [6, 6.07) is 1.38. The molecule has 3 unspecified atom stereocenters. The zero-order valence-corrected chi connectivity index (χ0v) is 12.2. The van der Waals surface area contributed by atoms with Gasteiger partial charge in [0.25, 0.3) is 0 Å². The van der Waals surface area contributed by atoms with E-state index < -0.39 is 0 Å². The van der Waals surface area contributed by atoms with Crippen molar-refractivity contribution < 1.29 is 4.74 Å². The molecule has 3 atom stereocenters. The Balaban J connectivity index is 1.68. The molecule has 0 saturated carbocycles. The Morgan fingerprint density at radius 3 is 2.89 bits per heavy atom. The molecule has 0 amide bonds. The highest BCUT2D eigenvalue weighted by Gasteiger charge is 2.24. The van der Waals surface area contributed by atoms with Gasteiger partial charge in [-0.25, -0.2) is 0 Å². The fourth-order valence-electron chi connectivity index (χ4n) is 2.96. The van der Waals surface area contributed by atoms with E-state index >= 15 is 0 Å². The molecule has 2 aliphatic rings. The van der Waals surface area contributed by atoms with Gasteiger partial charge in [0.05, 0.1) is 12.7 Å². The Kier molecular flexibility index (Phi) is 5.42. The maximum Gasteiger partial charge on any atom is 0.0826 e. The van der Waals surface area contributed by atoms with Crippen LogP contribution in [0, 0.1) is 0 Å². The highest BCUT2D eigenvalue weighted by molar-refractivity contribution is 4.83. The summed E-state index contributed by atoms with van der Waals surface area (Å²) < 4.78 is 5.83. The van der Waals surface area contributed by atoms with Gasteiger partial charge in [0.1, 0.15) is 0 Å². The maximum atomic E-state index is 5.83. The molecule has 18 heavy (non-hydrogen) atoms. The lowest BCUT2D eigenvalue weighted by atomic mass is 9.99. The van der Waals surface area contributed by atoms with Crippen molar-refractivity contribution in [1.29, 1.82) is 0 Å². The standard InChI is InChI=1S/C14H29N3O/c1-4-17-7-8-18-14(11-17)10-15-13-5-6-16(3)12(2)9-13/h12-15H,4-11H2,1-3H3. The first-order valence-electron chi connectivity index (χ1n) is 7.46. The Bertz CT molecular complexity index is 243. The first-order valence-corrected chi connectivity index (χ1v) is 7.46. The third-order valence-electron chi connectivity index (χ3n) is 4.51. The number of nitrogens with zero attached hydrogens (tertiary/aromatic N) is 2. The Hall–Kier alpha value is -0.160. The van der Waals surface area contributed by atoms with Crippen LogP contribution in [0.1, 0.15) is 26.7 Å². The normalized spacial score (nSPS) is 35.8. The van der Waals surface area contributed by atoms with Crippen molar-refractivity contribution in [2.45, 2.75) is 44.9 Å². The molecule has 0 bridgehead atoms. The highest BCUT2D eigenvalue weighted by atomic mass is 16.5. The lowest BCUT2D eigenvalue weighted by molar-refractivity contribution is -0.0274. The van der Waals surface area contributed by atoms with Gasteiger partial charge < -0.3 is 15.0 Å². The first kappa shape index (κ1) is 14.3. The van der Waals surface area contributed by atoms with E-state index in [2.05, 4.69) is 36.0 Å². The van der Waals surface area contributed by atoms with E-state index in [0.717, 1.165) is 32.8 Å². The average molecular weight is 255 g/mol. The van der Waals surface area contributed by atoms with Gasteiger partial charge in [-0.2, -0.15) is 0 Å². The highest BCUT2D eigenvalue weighted by Crippen LogP contribution is 2.15. The number of hydrogen-bond acceptors (Lipinski definition) is 4. The van der Waals surface area contributed by atoms with Crippen LogP contribution >= 0.6 is 0 Å². The Labute approximate surface area is 112 Å². The number of nitrogens with one attached hydrogen (secondary N) is 1. The van der Waals surface area contributed by atoms with Gasteiger partial charge in [-0.05, 0) is 39.9 Å². The van der Waals surface area contributed by atoms with Crippen LogP contribution in [0.5, 0.6) is 0 Å². The molecule has 0 aromatic heterocycles. The van der Waals surface area contributed by atoms with Crippen molar-refractivity contribution in [3.05, 3.63) is 0 Å². The van der Waals surface area contributed by atoms with Crippen LogP contribution in [0.3, 0.4) is 0 Å². The molecule has 1 N–H and O–H groups in total. The molecule has 2 saturated heterocycles. The van der Waals surface area contributed by atoms with E-state index in [1.807, 2.05) is 0 Å². The minimum Gasteiger partial charge on any atom is -0.374 e. The Morgan fingerprint density at radius 2 is 2.17 bits per heavy atom. The van der Waals surface area contributed by atoms with E-state index in [0.29, 0.717) is 18.2 Å². The quantitative estimate of drug-likeness (QED) is 0.803. The van der Waals surface area contributed by atoms with Crippen LogP contribution in [-0.2, 0) is 4.74 Å². The third-order valence-corrected chi connectivity index (χ3v) is 4.51. The minimum absolute atomic E-state index is 0.383. The van der Waals surface area contributed by atoms with Crippen LogP contribution < -0.4 is 5.32 Å². The van der Waals surface area contributed by atoms with Gasteiger partial charge in [-0.3, -0.25) is 4.90 Å². The topological polar surface area (TPSA) is 27.7 Å². The molecule has 4 heteroatoms. The summed E-state index contributed by atoms with van der Waals surface area (Å²) in [6.45, 7) is 11.0. The van der Waals surface area contributed by atoms with Gasteiger partial charge in [0.2, 0.25) is 0 Å². The average Bonchev–Trinajstić information content (AvgIpc) is 2.40. The van der Waals surface area contributed by atoms with Crippen molar-refractivity contribution in [1.82, 2.24) is 15.1 Å². The predicted octanol–water partition coefficient (Wildman–Crippen LogP) is 0.779. The summed E-state index contributed by atoms with van der Waals surface area (Å²) in [6.07, 6.45) is 2.92. The summed E-state index contributed by atoms with van der Waals surface area (Å²) in [5.41, 5.74) is 0. The fraction of sp³-hybridized carbons (Fsp3) is 1.00. The van der Waals surface area contributed by atoms with Crippen LogP contribution in [0.25, 0.3) is 0 Å². The molecule has 0 aliphatic carbocycles. The summed E-state index contributed by atoms with van der Waals surface area (Å²) in [5.74, 6) is 0. The number of likely N-dealkylation sites (N-methyl/N-ethyl adjacent to an activating group) is 1. The van der Waals surface area contributed by atoms with E-state index in [9.17, 15) is 0 Å². The lowest BCUT2D eigenvalue weighted by Crippen LogP contribution is -2.51. The van der Waals surface area contributed by atoms with Crippen LogP contribution in [-0.4, -0.2) is 74.4 Å². The molecular formula is C14H29N3O. The summed E-state index contributed by atoms with van der Waals surface area (Å²) in [7, 11) is 2.23. The third kappa shape index (κ3) is 3.92. The van der Waals surface area contributed by atoms with Crippen molar-refractivity contribution in [3.63, 3.8) is 0 Å². The van der Waals surface area contributed by atoms with Crippen molar-refractivity contribution >= 4 is 0 Å². The second-order valence-electron chi connectivity index (χ2n) is 5.85. The molecule has 0 aromatic carbocycles. The van der Waals surface area contributed by atoms with Gasteiger partial charge >= 0.3 is 0 Å². The molecule has 0 radical (unpaired) electrons. The van der Waals surface area contributed by atoms with E-state index in [1.165, 1.54) is 19.4 Å². The molecule has 2 rings (SSSR count). The van der Waals surface area contributed by atoms with E-state index in [1.54, 1.807) is 0 Å². The number of hydrogen-bond donors (Lipinski definition) is 1. The zero-order valence-electron chi connectivity index (χ0n) is 12.2. The molecule has 106 valence electrons.